The highest BCUT2D eigenvalue weighted by Gasteiger charge is 2.19. The molecular weight excluding hydrogens is 925 g/mol. The number of ether oxygens (including phenoxy) is 3. The Hall–Kier alpha value is -4.45. The minimum atomic E-state index is -0.809. The fraction of sp³-hybridized carbons (Fsp3) is 0.638. The summed E-state index contributed by atoms with van der Waals surface area (Å²) < 4.78 is 16.8. The van der Waals surface area contributed by atoms with Crippen LogP contribution < -0.4 is 0 Å². The number of carbonyl (C=O) groups is 3. The molecule has 0 amide bonds. The van der Waals surface area contributed by atoms with Gasteiger partial charge in [-0.15, -0.1) is 0 Å². The van der Waals surface area contributed by atoms with Crippen LogP contribution in [0.1, 0.15) is 265 Å². The number of unbranched alkanes of at least 4 members (excludes halogenated alkanes) is 21. The Morgan fingerprint density at radius 2 is 0.520 bits per heavy atom. The minimum absolute atomic E-state index is 0.103. The molecule has 0 aliphatic carbocycles. The van der Waals surface area contributed by atoms with Crippen LogP contribution in [0.25, 0.3) is 0 Å². The van der Waals surface area contributed by atoms with Gasteiger partial charge in [0.25, 0.3) is 0 Å². The third kappa shape index (κ3) is 60.3. The average molecular weight is 1040 g/mol. The first-order valence-electron chi connectivity index (χ1n) is 30.7. The molecule has 0 heterocycles. The number of hydrogen-bond acceptors (Lipinski definition) is 6. The van der Waals surface area contributed by atoms with Crippen LogP contribution in [0.5, 0.6) is 0 Å². The first-order chi connectivity index (χ1) is 37.0. The molecule has 0 N–H and O–H groups in total. The van der Waals surface area contributed by atoms with E-state index in [0.717, 1.165) is 128 Å². The Labute approximate surface area is 462 Å². The summed E-state index contributed by atoms with van der Waals surface area (Å²) in [6.07, 6.45) is 87.3. The summed E-state index contributed by atoms with van der Waals surface area (Å²) in [5.41, 5.74) is 0. The highest BCUT2D eigenvalue weighted by molar-refractivity contribution is 5.71. The molecular formula is C69H112O6. The van der Waals surface area contributed by atoms with Gasteiger partial charge in [0.05, 0.1) is 0 Å². The van der Waals surface area contributed by atoms with Crippen molar-refractivity contribution in [1.82, 2.24) is 0 Å². The summed E-state index contributed by atoms with van der Waals surface area (Å²) >= 11 is 0. The van der Waals surface area contributed by atoms with Crippen LogP contribution in [0.3, 0.4) is 0 Å². The van der Waals surface area contributed by atoms with Crippen molar-refractivity contribution < 1.29 is 28.6 Å². The summed E-state index contributed by atoms with van der Waals surface area (Å²) in [6.45, 7) is 6.43. The fourth-order valence-corrected chi connectivity index (χ4v) is 8.01. The zero-order valence-corrected chi connectivity index (χ0v) is 48.5. The van der Waals surface area contributed by atoms with E-state index in [-0.39, 0.29) is 31.1 Å². The van der Waals surface area contributed by atoms with Crippen LogP contribution in [0.4, 0.5) is 0 Å². The fourth-order valence-electron chi connectivity index (χ4n) is 8.01. The topological polar surface area (TPSA) is 78.9 Å². The maximum Gasteiger partial charge on any atom is 0.306 e. The van der Waals surface area contributed by atoms with Crippen molar-refractivity contribution in [1.29, 1.82) is 0 Å². The van der Waals surface area contributed by atoms with E-state index in [1.807, 2.05) is 0 Å². The molecule has 0 saturated heterocycles. The molecule has 0 aliphatic heterocycles. The molecule has 6 heteroatoms. The Bertz CT molecular complexity index is 1620. The lowest BCUT2D eigenvalue weighted by Crippen LogP contribution is -2.30. The van der Waals surface area contributed by atoms with Crippen LogP contribution in [-0.2, 0) is 28.6 Å². The van der Waals surface area contributed by atoms with E-state index in [0.29, 0.717) is 25.7 Å². The number of rotatable bonds is 54. The summed E-state index contributed by atoms with van der Waals surface area (Å²) in [5, 5.41) is 0. The van der Waals surface area contributed by atoms with Crippen molar-refractivity contribution in [2.45, 2.75) is 271 Å². The van der Waals surface area contributed by atoms with Gasteiger partial charge in [-0.05, 0) is 141 Å². The quantitative estimate of drug-likeness (QED) is 0.0261. The van der Waals surface area contributed by atoms with Gasteiger partial charge in [0.2, 0.25) is 0 Å². The molecule has 424 valence electrons. The standard InChI is InChI=1S/C69H112O6/c1-4-7-10-13-16-19-22-25-27-29-31-32-33-34-35-36-37-38-39-41-42-44-47-50-53-56-59-62-68(71)74-65-66(64-73-67(70)61-58-55-52-49-46-24-21-18-15-12-9-6-3)75-69(72)63-60-57-54-51-48-45-43-40-30-28-26-23-20-17-14-11-8-5-2/h7,10,16,18-21,23,25,27-28,30-32,34-35,37-38,41-42,47,50,66H,4-6,8-9,11-15,17,22,24,26,29,33,36,39-40,43-46,48-49,51-65H2,1-3H3/b10-7-,19-16-,21-18-,23-20-,27-25-,30-28-,32-31-,35-34-,38-37-,42-41-,50-47-. The molecule has 0 bridgehead atoms. The van der Waals surface area contributed by atoms with Crippen LogP contribution in [0, 0.1) is 0 Å². The molecule has 0 aliphatic rings. The van der Waals surface area contributed by atoms with E-state index in [2.05, 4.69) is 154 Å². The predicted molar refractivity (Wildman–Crippen MR) is 325 cm³/mol. The van der Waals surface area contributed by atoms with Crippen LogP contribution in [-0.4, -0.2) is 37.2 Å². The zero-order chi connectivity index (χ0) is 54.3. The second kappa shape index (κ2) is 62.1. The summed E-state index contributed by atoms with van der Waals surface area (Å²) in [4.78, 5) is 38.2. The SMILES string of the molecule is CC/C=C\C/C=C\C/C=C\C/C=C\C/C=C\C/C=C\C/C=C\C/C=C\CCCCC(=O)OCC(COC(=O)CCCCCCC/C=C\CCCCC)OC(=O)CCCCCCCCC/C=C\C/C=C\CCCCCC. The van der Waals surface area contributed by atoms with E-state index in [4.69, 9.17) is 14.2 Å². The van der Waals surface area contributed by atoms with Crippen LogP contribution in [0.2, 0.25) is 0 Å². The molecule has 0 aromatic carbocycles. The van der Waals surface area contributed by atoms with E-state index in [9.17, 15) is 14.4 Å². The molecule has 0 radical (unpaired) electrons. The van der Waals surface area contributed by atoms with Gasteiger partial charge in [-0.2, -0.15) is 0 Å². The van der Waals surface area contributed by atoms with Gasteiger partial charge < -0.3 is 14.2 Å². The van der Waals surface area contributed by atoms with Crippen molar-refractivity contribution >= 4 is 17.9 Å². The Kier molecular flexibility index (Phi) is 58.4. The van der Waals surface area contributed by atoms with Gasteiger partial charge in [-0.25, -0.2) is 0 Å². The first-order valence-corrected chi connectivity index (χ1v) is 30.7. The van der Waals surface area contributed by atoms with Gasteiger partial charge in [0.1, 0.15) is 13.2 Å². The summed E-state index contributed by atoms with van der Waals surface area (Å²) in [7, 11) is 0. The predicted octanol–water partition coefficient (Wildman–Crippen LogP) is 21.0. The summed E-state index contributed by atoms with van der Waals surface area (Å²) in [5.74, 6) is -0.966. The Morgan fingerprint density at radius 1 is 0.280 bits per heavy atom. The molecule has 0 aromatic rings. The van der Waals surface area contributed by atoms with Crippen LogP contribution >= 0.6 is 0 Å². The smallest absolute Gasteiger partial charge is 0.306 e. The van der Waals surface area contributed by atoms with Gasteiger partial charge in [-0.3, -0.25) is 14.4 Å². The average Bonchev–Trinajstić information content (AvgIpc) is 3.41. The van der Waals surface area contributed by atoms with Crippen molar-refractivity contribution in [3.63, 3.8) is 0 Å². The van der Waals surface area contributed by atoms with Gasteiger partial charge in [0, 0.05) is 19.3 Å². The van der Waals surface area contributed by atoms with E-state index in [1.54, 1.807) is 0 Å². The molecule has 0 rings (SSSR count). The number of allylic oxidation sites excluding steroid dienone is 22. The second-order valence-corrected chi connectivity index (χ2v) is 19.9. The minimum Gasteiger partial charge on any atom is -0.462 e. The van der Waals surface area contributed by atoms with Gasteiger partial charge in [0.15, 0.2) is 6.10 Å². The highest BCUT2D eigenvalue weighted by atomic mass is 16.6. The monoisotopic (exact) mass is 1040 g/mol. The van der Waals surface area contributed by atoms with Gasteiger partial charge >= 0.3 is 17.9 Å². The lowest BCUT2D eigenvalue weighted by atomic mass is 10.1. The molecule has 0 saturated carbocycles. The van der Waals surface area contributed by atoms with Crippen molar-refractivity contribution in [2.24, 2.45) is 0 Å². The largest absolute Gasteiger partial charge is 0.462 e. The van der Waals surface area contributed by atoms with Crippen molar-refractivity contribution in [3.8, 4) is 0 Å². The molecule has 6 nitrogen and oxygen atoms in total. The maximum absolute atomic E-state index is 12.9. The first kappa shape index (κ1) is 70.5. The molecule has 1 unspecified atom stereocenters. The lowest BCUT2D eigenvalue weighted by molar-refractivity contribution is -0.167. The second-order valence-electron chi connectivity index (χ2n) is 19.9. The molecule has 1 atom stereocenters. The Balaban J connectivity index is 4.44. The number of carbonyl (C=O) groups excluding carboxylic acids is 3. The highest BCUT2D eigenvalue weighted by Crippen LogP contribution is 2.14. The molecule has 0 spiro atoms. The van der Waals surface area contributed by atoms with Crippen molar-refractivity contribution in [2.75, 3.05) is 13.2 Å². The third-order valence-corrected chi connectivity index (χ3v) is 12.6. The molecule has 0 aromatic heterocycles. The number of esters is 3. The lowest BCUT2D eigenvalue weighted by Gasteiger charge is -2.18. The normalized spacial score (nSPS) is 13.1. The van der Waals surface area contributed by atoms with E-state index < -0.39 is 6.10 Å². The van der Waals surface area contributed by atoms with E-state index >= 15 is 0 Å². The third-order valence-electron chi connectivity index (χ3n) is 12.6. The maximum atomic E-state index is 12.9. The molecule has 75 heavy (non-hydrogen) atoms. The summed E-state index contributed by atoms with van der Waals surface area (Å²) in [6, 6.07) is 0. The molecule has 0 fully saturated rings. The van der Waals surface area contributed by atoms with E-state index in [1.165, 1.54) is 89.9 Å². The van der Waals surface area contributed by atoms with Crippen molar-refractivity contribution in [3.05, 3.63) is 134 Å². The van der Waals surface area contributed by atoms with Gasteiger partial charge in [-0.1, -0.05) is 238 Å². The van der Waals surface area contributed by atoms with Crippen LogP contribution in [0.15, 0.2) is 134 Å². The number of hydrogen-bond donors (Lipinski definition) is 0. The Morgan fingerprint density at radius 3 is 0.880 bits per heavy atom. The zero-order valence-electron chi connectivity index (χ0n) is 48.5.